The van der Waals surface area contributed by atoms with E-state index in [1.54, 1.807) is 43.2 Å². The van der Waals surface area contributed by atoms with Crippen molar-refractivity contribution >= 4 is 23.6 Å². The molecule has 1 fully saturated rings. The molecule has 0 bridgehead atoms. The van der Waals surface area contributed by atoms with Gasteiger partial charge in [-0.05, 0) is 50.5 Å². The number of esters is 1. The maximum atomic E-state index is 12.9. The SMILES string of the molecule is CCCC(NC(=O)Nc1ccc(OC)cc1)C(=O)N1CCC(C(=O)OCC)CC1. The largest absolute Gasteiger partial charge is 0.497 e. The van der Waals surface area contributed by atoms with E-state index in [9.17, 15) is 14.4 Å². The van der Waals surface area contributed by atoms with Crippen LogP contribution in [-0.2, 0) is 14.3 Å². The molecule has 2 N–H and O–H groups in total. The Labute approximate surface area is 171 Å². The van der Waals surface area contributed by atoms with E-state index in [-0.39, 0.29) is 17.8 Å². The highest BCUT2D eigenvalue weighted by Gasteiger charge is 2.31. The summed E-state index contributed by atoms with van der Waals surface area (Å²) in [6.45, 7) is 5.10. The molecule has 1 aromatic carbocycles. The Kier molecular flexibility index (Phi) is 8.76. The highest BCUT2D eigenvalue weighted by atomic mass is 16.5. The molecule has 8 heteroatoms. The zero-order chi connectivity index (χ0) is 21.2. The van der Waals surface area contributed by atoms with Crippen LogP contribution in [0.25, 0.3) is 0 Å². The van der Waals surface area contributed by atoms with Crippen LogP contribution in [0.5, 0.6) is 5.75 Å². The van der Waals surface area contributed by atoms with Crippen LogP contribution in [-0.4, -0.2) is 55.7 Å². The number of benzene rings is 1. The summed E-state index contributed by atoms with van der Waals surface area (Å²) < 4.78 is 10.2. The van der Waals surface area contributed by atoms with Crippen LogP contribution < -0.4 is 15.4 Å². The van der Waals surface area contributed by atoms with E-state index in [0.29, 0.717) is 50.4 Å². The lowest BCUT2D eigenvalue weighted by Gasteiger charge is -2.33. The lowest BCUT2D eigenvalue weighted by Crippen LogP contribution is -2.52. The van der Waals surface area contributed by atoms with Crippen LogP contribution >= 0.6 is 0 Å². The Bertz CT molecular complexity index is 684. The van der Waals surface area contributed by atoms with Gasteiger partial charge in [-0.3, -0.25) is 9.59 Å². The van der Waals surface area contributed by atoms with Gasteiger partial charge in [-0.15, -0.1) is 0 Å². The first-order valence-corrected chi connectivity index (χ1v) is 10.1. The maximum Gasteiger partial charge on any atom is 0.319 e. The average Bonchev–Trinajstić information content (AvgIpc) is 2.73. The third-order valence-corrected chi connectivity index (χ3v) is 4.96. The standard InChI is InChI=1S/C21H31N3O5/c1-4-6-18(23-21(27)22-16-7-9-17(28-3)10-8-16)19(25)24-13-11-15(12-14-24)20(26)29-5-2/h7-10,15,18H,4-6,11-14H2,1-3H3,(H2,22,23,27). The molecule has 0 radical (unpaired) electrons. The highest BCUT2D eigenvalue weighted by Crippen LogP contribution is 2.20. The number of urea groups is 1. The molecule has 1 aliphatic heterocycles. The summed E-state index contributed by atoms with van der Waals surface area (Å²) in [5.74, 6) is 0.233. The smallest absolute Gasteiger partial charge is 0.319 e. The van der Waals surface area contributed by atoms with E-state index < -0.39 is 12.1 Å². The molecule has 0 aliphatic carbocycles. The maximum absolute atomic E-state index is 12.9. The van der Waals surface area contributed by atoms with E-state index >= 15 is 0 Å². The predicted molar refractivity (Wildman–Crippen MR) is 110 cm³/mol. The van der Waals surface area contributed by atoms with Crippen LogP contribution in [0.1, 0.15) is 39.5 Å². The van der Waals surface area contributed by atoms with Gasteiger partial charge in [-0.2, -0.15) is 0 Å². The second kappa shape index (κ2) is 11.3. The first-order chi connectivity index (χ1) is 14.0. The first kappa shape index (κ1) is 22.5. The van der Waals surface area contributed by atoms with Gasteiger partial charge < -0.3 is 25.0 Å². The van der Waals surface area contributed by atoms with Crippen molar-refractivity contribution in [2.24, 2.45) is 5.92 Å². The monoisotopic (exact) mass is 405 g/mol. The molecule has 1 unspecified atom stereocenters. The van der Waals surface area contributed by atoms with Gasteiger partial charge in [-0.1, -0.05) is 13.3 Å². The fraction of sp³-hybridized carbons (Fsp3) is 0.571. The Morgan fingerprint density at radius 2 is 1.79 bits per heavy atom. The fourth-order valence-corrected chi connectivity index (χ4v) is 3.36. The molecular formula is C21H31N3O5. The molecule has 1 aliphatic rings. The van der Waals surface area contributed by atoms with Crippen molar-refractivity contribution in [1.82, 2.24) is 10.2 Å². The molecule has 3 amide bonds. The first-order valence-electron chi connectivity index (χ1n) is 10.1. The number of piperidine rings is 1. The van der Waals surface area contributed by atoms with Crippen molar-refractivity contribution in [3.8, 4) is 5.75 Å². The second-order valence-corrected chi connectivity index (χ2v) is 7.02. The van der Waals surface area contributed by atoms with Gasteiger partial charge in [0, 0.05) is 18.8 Å². The molecular weight excluding hydrogens is 374 g/mol. The van der Waals surface area contributed by atoms with Crippen LogP contribution in [0.2, 0.25) is 0 Å². The van der Waals surface area contributed by atoms with Gasteiger partial charge in [0.25, 0.3) is 0 Å². The number of hydrogen-bond acceptors (Lipinski definition) is 5. The molecule has 29 heavy (non-hydrogen) atoms. The minimum absolute atomic E-state index is 0.112. The fourth-order valence-electron chi connectivity index (χ4n) is 3.36. The number of likely N-dealkylation sites (tertiary alicyclic amines) is 1. The summed E-state index contributed by atoms with van der Waals surface area (Å²) in [4.78, 5) is 38.9. The lowest BCUT2D eigenvalue weighted by molar-refractivity contribution is -0.151. The van der Waals surface area contributed by atoms with Gasteiger partial charge in [-0.25, -0.2) is 4.79 Å². The number of ether oxygens (including phenoxy) is 2. The zero-order valence-corrected chi connectivity index (χ0v) is 17.4. The predicted octanol–water partition coefficient (Wildman–Crippen LogP) is 2.79. The number of rotatable bonds is 8. The summed E-state index contributed by atoms with van der Waals surface area (Å²) >= 11 is 0. The number of methoxy groups -OCH3 is 1. The molecule has 1 aromatic rings. The van der Waals surface area contributed by atoms with Gasteiger partial charge in [0.1, 0.15) is 11.8 Å². The molecule has 1 heterocycles. The van der Waals surface area contributed by atoms with Gasteiger partial charge in [0.15, 0.2) is 0 Å². The average molecular weight is 405 g/mol. The highest BCUT2D eigenvalue weighted by molar-refractivity contribution is 5.93. The van der Waals surface area contributed by atoms with E-state index in [0.717, 1.165) is 6.42 Å². The minimum Gasteiger partial charge on any atom is -0.497 e. The number of carbonyl (C=O) groups is 3. The van der Waals surface area contributed by atoms with E-state index in [2.05, 4.69) is 10.6 Å². The van der Waals surface area contributed by atoms with E-state index in [1.807, 2.05) is 6.92 Å². The van der Waals surface area contributed by atoms with Crippen molar-refractivity contribution < 1.29 is 23.9 Å². The molecule has 160 valence electrons. The zero-order valence-electron chi connectivity index (χ0n) is 17.4. The second-order valence-electron chi connectivity index (χ2n) is 7.02. The number of amides is 3. The Morgan fingerprint density at radius 1 is 1.14 bits per heavy atom. The summed E-state index contributed by atoms with van der Waals surface area (Å²) in [5.41, 5.74) is 0.612. The Morgan fingerprint density at radius 3 is 2.34 bits per heavy atom. The van der Waals surface area contributed by atoms with Crippen LogP contribution in [0.15, 0.2) is 24.3 Å². The van der Waals surface area contributed by atoms with Crippen LogP contribution in [0, 0.1) is 5.92 Å². The Balaban J connectivity index is 1.89. The van der Waals surface area contributed by atoms with Crippen molar-refractivity contribution in [2.75, 3.05) is 32.1 Å². The number of anilines is 1. The third kappa shape index (κ3) is 6.66. The van der Waals surface area contributed by atoms with E-state index in [4.69, 9.17) is 9.47 Å². The van der Waals surface area contributed by atoms with Crippen molar-refractivity contribution in [3.05, 3.63) is 24.3 Å². The van der Waals surface area contributed by atoms with Crippen molar-refractivity contribution in [2.45, 2.75) is 45.6 Å². The molecule has 0 aromatic heterocycles. The molecule has 2 rings (SSSR count). The lowest BCUT2D eigenvalue weighted by atomic mass is 9.96. The normalized spacial score (nSPS) is 15.3. The topological polar surface area (TPSA) is 97.0 Å². The van der Waals surface area contributed by atoms with Gasteiger partial charge in [0.2, 0.25) is 5.91 Å². The minimum atomic E-state index is -0.600. The number of carbonyl (C=O) groups excluding carboxylic acids is 3. The summed E-state index contributed by atoms with van der Waals surface area (Å²) in [6, 6.07) is 5.93. The Hall–Kier alpha value is -2.77. The number of nitrogens with one attached hydrogen (secondary N) is 2. The summed E-state index contributed by atoms with van der Waals surface area (Å²) in [5, 5.41) is 5.52. The molecule has 1 saturated heterocycles. The number of nitrogens with zero attached hydrogens (tertiary/aromatic N) is 1. The van der Waals surface area contributed by atoms with Crippen molar-refractivity contribution in [1.29, 1.82) is 0 Å². The van der Waals surface area contributed by atoms with E-state index in [1.165, 1.54) is 0 Å². The third-order valence-electron chi connectivity index (χ3n) is 4.96. The van der Waals surface area contributed by atoms with Crippen LogP contribution in [0.3, 0.4) is 0 Å². The molecule has 0 spiro atoms. The summed E-state index contributed by atoms with van der Waals surface area (Å²) in [6.07, 6.45) is 2.48. The van der Waals surface area contributed by atoms with Gasteiger partial charge >= 0.3 is 12.0 Å². The summed E-state index contributed by atoms with van der Waals surface area (Å²) in [7, 11) is 1.58. The molecule has 1 atom stereocenters. The quantitative estimate of drug-likeness (QED) is 0.648. The van der Waals surface area contributed by atoms with Crippen molar-refractivity contribution in [3.63, 3.8) is 0 Å². The molecule has 8 nitrogen and oxygen atoms in total. The number of hydrogen-bond donors (Lipinski definition) is 2. The molecule has 0 saturated carbocycles. The van der Waals surface area contributed by atoms with Crippen LogP contribution in [0.4, 0.5) is 10.5 Å². The van der Waals surface area contributed by atoms with Gasteiger partial charge in [0.05, 0.1) is 19.6 Å².